The first kappa shape index (κ1) is 27.9. The molecule has 38 heavy (non-hydrogen) atoms. The molecule has 3 rings (SSSR count). The Hall–Kier alpha value is -4.71. The number of carbonyl (C=O) groups excluding carboxylic acids is 4. The lowest BCUT2D eigenvalue weighted by Gasteiger charge is -2.14. The fraction of sp³-hybridized carbons (Fsp3) is 0.120. The van der Waals surface area contributed by atoms with Crippen molar-refractivity contribution in [3.05, 3.63) is 82.4 Å². The first-order valence-electron chi connectivity index (χ1n) is 10.9. The highest BCUT2D eigenvalue weighted by Crippen LogP contribution is 2.28. The van der Waals surface area contributed by atoms with Crippen LogP contribution in [0.25, 0.3) is 0 Å². The maximum Gasteiger partial charge on any atom is 0.338 e. The van der Waals surface area contributed by atoms with Crippen molar-refractivity contribution in [1.29, 1.82) is 0 Å². The van der Waals surface area contributed by atoms with Crippen LogP contribution in [0.2, 0.25) is 5.02 Å². The van der Waals surface area contributed by atoms with Crippen LogP contribution in [0.4, 0.5) is 35.4 Å². The number of urea groups is 2. The number of hydrogen-bond acceptors (Lipinski definition) is 6. The Bertz CT molecular complexity index is 1390. The third kappa shape index (κ3) is 7.17. The SMILES string of the molecule is CCOC(=O)c1ccc(NC(=O)Nc2ccc(OC)c(NC(=O)NC(=O)c3cc(F)c(F)cc3Cl)c2)cc1. The number of halogens is 3. The maximum atomic E-state index is 13.5. The molecule has 10 nitrogen and oxygen atoms in total. The molecule has 0 aliphatic carbocycles. The number of rotatable bonds is 7. The van der Waals surface area contributed by atoms with Crippen LogP contribution in [0.15, 0.2) is 54.6 Å². The third-order valence-electron chi connectivity index (χ3n) is 4.84. The summed E-state index contributed by atoms with van der Waals surface area (Å²) in [5, 5.41) is 9.09. The average molecular weight is 547 g/mol. The highest BCUT2D eigenvalue weighted by atomic mass is 35.5. The van der Waals surface area contributed by atoms with Gasteiger partial charge in [0.05, 0.1) is 35.6 Å². The van der Waals surface area contributed by atoms with Crippen LogP contribution in [0, 0.1) is 11.6 Å². The lowest BCUT2D eigenvalue weighted by atomic mass is 10.2. The molecule has 0 unspecified atom stereocenters. The van der Waals surface area contributed by atoms with Gasteiger partial charge in [0.2, 0.25) is 0 Å². The normalized spacial score (nSPS) is 10.2. The Balaban J connectivity index is 1.65. The van der Waals surface area contributed by atoms with E-state index in [0.29, 0.717) is 23.4 Å². The summed E-state index contributed by atoms with van der Waals surface area (Å²) in [4.78, 5) is 48.8. The summed E-state index contributed by atoms with van der Waals surface area (Å²) in [5.74, 6) is -3.93. The van der Waals surface area contributed by atoms with Crippen molar-refractivity contribution in [2.45, 2.75) is 6.92 Å². The molecule has 5 amide bonds. The lowest BCUT2D eigenvalue weighted by Crippen LogP contribution is -2.34. The van der Waals surface area contributed by atoms with E-state index < -0.39 is 41.1 Å². The summed E-state index contributed by atoms with van der Waals surface area (Å²) in [5.41, 5.74) is 0.598. The number of carbonyl (C=O) groups is 4. The molecular formula is C25H21ClF2N4O6. The second-order valence-electron chi connectivity index (χ2n) is 7.45. The van der Waals surface area contributed by atoms with Crippen molar-refractivity contribution in [3.8, 4) is 5.75 Å². The van der Waals surface area contributed by atoms with E-state index in [4.69, 9.17) is 21.1 Å². The predicted molar refractivity (Wildman–Crippen MR) is 136 cm³/mol. The van der Waals surface area contributed by atoms with Gasteiger partial charge in [0.15, 0.2) is 11.6 Å². The number of benzene rings is 3. The van der Waals surface area contributed by atoms with Crippen LogP contribution in [-0.2, 0) is 4.74 Å². The predicted octanol–water partition coefficient (Wildman–Crippen LogP) is 5.41. The number of esters is 1. The van der Waals surface area contributed by atoms with Crippen LogP contribution < -0.4 is 26.0 Å². The zero-order valence-electron chi connectivity index (χ0n) is 20.0. The first-order valence-corrected chi connectivity index (χ1v) is 11.3. The Kier molecular flexibility index (Phi) is 9.17. The van der Waals surface area contributed by atoms with Crippen LogP contribution in [-0.4, -0.2) is 37.7 Å². The summed E-state index contributed by atoms with van der Waals surface area (Å²) < 4.78 is 36.8. The second-order valence-corrected chi connectivity index (χ2v) is 7.85. The summed E-state index contributed by atoms with van der Waals surface area (Å²) in [6.45, 7) is 1.93. The zero-order chi connectivity index (χ0) is 27.8. The van der Waals surface area contributed by atoms with Crippen molar-refractivity contribution in [1.82, 2.24) is 5.32 Å². The molecule has 3 aromatic carbocycles. The van der Waals surface area contributed by atoms with E-state index in [9.17, 15) is 28.0 Å². The minimum atomic E-state index is -1.31. The minimum absolute atomic E-state index is 0.0748. The number of methoxy groups -OCH3 is 1. The van der Waals surface area contributed by atoms with Crippen molar-refractivity contribution < 1.29 is 37.4 Å². The number of ether oxygens (including phenoxy) is 2. The highest BCUT2D eigenvalue weighted by molar-refractivity contribution is 6.34. The third-order valence-corrected chi connectivity index (χ3v) is 5.15. The van der Waals surface area contributed by atoms with Gasteiger partial charge in [-0.05, 0) is 61.5 Å². The Morgan fingerprint density at radius 2 is 1.47 bits per heavy atom. The van der Waals surface area contributed by atoms with Gasteiger partial charge in [-0.2, -0.15) is 0 Å². The van der Waals surface area contributed by atoms with Gasteiger partial charge in [-0.25, -0.2) is 23.2 Å². The molecule has 0 spiro atoms. The molecule has 198 valence electrons. The molecule has 0 fully saturated rings. The molecule has 4 N–H and O–H groups in total. The van der Waals surface area contributed by atoms with Gasteiger partial charge < -0.3 is 25.4 Å². The van der Waals surface area contributed by atoms with Gasteiger partial charge in [-0.15, -0.1) is 0 Å². The standard InChI is InChI=1S/C25H21ClF2N4O6/c1-3-38-23(34)13-4-6-14(7-5-13)29-24(35)30-15-8-9-21(37-2)20(10-15)31-25(36)32-22(33)16-11-18(27)19(28)12-17(16)26/h4-12H,3H2,1-2H3,(H2,29,30,35)(H2,31,32,33,36). The molecule has 0 aliphatic heterocycles. The zero-order valence-corrected chi connectivity index (χ0v) is 20.7. The van der Waals surface area contributed by atoms with Crippen LogP contribution in [0.3, 0.4) is 0 Å². The summed E-state index contributed by atoms with van der Waals surface area (Å²) >= 11 is 5.76. The van der Waals surface area contributed by atoms with Crippen molar-refractivity contribution in [3.63, 3.8) is 0 Å². The molecule has 0 saturated carbocycles. The largest absolute Gasteiger partial charge is 0.495 e. The smallest absolute Gasteiger partial charge is 0.338 e. The monoisotopic (exact) mass is 546 g/mol. The second kappa shape index (κ2) is 12.5. The van der Waals surface area contributed by atoms with Crippen molar-refractivity contribution >= 4 is 52.6 Å². The molecule has 3 aromatic rings. The van der Waals surface area contributed by atoms with Crippen LogP contribution >= 0.6 is 11.6 Å². The van der Waals surface area contributed by atoms with Gasteiger partial charge in [0.1, 0.15) is 5.75 Å². The van der Waals surface area contributed by atoms with E-state index in [1.165, 1.54) is 49.6 Å². The molecule has 0 bridgehead atoms. The number of amides is 5. The summed E-state index contributed by atoms with van der Waals surface area (Å²) in [6.07, 6.45) is 0. The number of nitrogens with one attached hydrogen (secondary N) is 4. The maximum absolute atomic E-state index is 13.5. The lowest BCUT2D eigenvalue weighted by molar-refractivity contribution is 0.0526. The number of imide groups is 1. The molecule has 0 atom stereocenters. The van der Waals surface area contributed by atoms with Crippen LogP contribution in [0.1, 0.15) is 27.6 Å². The van der Waals surface area contributed by atoms with Crippen LogP contribution in [0.5, 0.6) is 5.75 Å². The fourth-order valence-corrected chi connectivity index (χ4v) is 3.34. The van der Waals surface area contributed by atoms with E-state index in [0.717, 1.165) is 0 Å². The minimum Gasteiger partial charge on any atom is -0.495 e. The molecular weight excluding hydrogens is 526 g/mol. The van der Waals surface area contributed by atoms with Gasteiger partial charge in [-0.1, -0.05) is 11.6 Å². The first-order chi connectivity index (χ1) is 18.1. The van der Waals surface area contributed by atoms with Gasteiger partial charge in [-0.3, -0.25) is 10.1 Å². The summed E-state index contributed by atoms with van der Waals surface area (Å²) in [7, 11) is 1.34. The topological polar surface area (TPSA) is 135 Å². The van der Waals surface area contributed by atoms with Crippen molar-refractivity contribution in [2.75, 3.05) is 29.7 Å². The Morgan fingerprint density at radius 3 is 2.13 bits per heavy atom. The van der Waals surface area contributed by atoms with Crippen molar-refractivity contribution in [2.24, 2.45) is 0 Å². The van der Waals surface area contributed by atoms with E-state index in [-0.39, 0.29) is 28.8 Å². The summed E-state index contributed by atoms with van der Waals surface area (Å²) in [6, 6.07) is 9.86. The molecule has 0 radical (unpaired) electrons. The van der Waals surface area contributed by atoms with Gasteiger partial charge in [0.25, 0.3) is 5.91 Å². The van der Waals surface area contributed by atoms with E-state index in [2.05, 4.69) is 16.0 Å². The number of hydrogen-bond donors (Lipinski definition) is 4. The average Bonchev–Trinajstić information content (AvgIpc) is 2.86. The Labute approximate surface area is 220 Å². The Morgan fingerprint density at radius 1 is 0.842 bits per heavy atom. The fourth-order valence-electron chi connectivity index (χ4n) is 3.10. The molecule has 13 heteroatoms. The van der Waals surface area contributed by atoms with E-state index in [1.54, 1.807) is 6.92 Å². The molecule has 0 saturated heterocycles. The molecule has 0 aromatic heterocycles. The highest BCUT2D eigenvalue weighted by Gasteiger charge is 2.18. The molecule has 0 heterocycles. The van der Waals surface area contributed by atoms with E-state index in [1.807, 2.05) is 5.32 Å². The van der Waals surface area contributed by atoms with Gasteiger partial charge >= 0.3 is 18.0 Å². The molecule has 0 aliphatic rings. The number of anilines is 3. The quantitative estimate of drug-likeness (QED) is 0.231. The van der Waals surface area contributed by atoms with E-state index >= 15 is 0 Å². The van der Waals surface area contributed by atoms with Gasteiger partial charge in [0, 0.05) is 11.4 Å².